The Bertz CT molecular complexity index is 1430. The third-order valence-corrected chi connectivity index (χ3v) is 5.20. The van der Waals surface area contributed by atoms with Gasteiger partial charge < -0.3 is 14.1 Å². The monoisotopic (exact) mass is 425 g/mol. The van der Waals surface area contributed by atoms with Crippen LogP contribution < -0.4 is 10.1 Å². The number of pyridine rings is 1. The Balaban J connectivity index is 1.37. The first-order valence-electron chi connectivity index (χ1n) is 10.5. The van der Waals surface area contributed by atoms with Crippen molar-refractivity contribution in [3.8, 4) is 16.9 Å². The summed E-state index contributed by atoms with van der Waals surface area (Å²) in [6.07, 6.45) is 1.87. The minimum atomic E-state index is -0.312. The van der Waals surface area contributed by atoms with Crippen molar-refractivity contribution in [2.24, 2.45) is 0 Å². The number of aryl methyl sites for hydroxylation is 1. The van der Waals surface area contributed by atoms with Crippen LogP contribution in [0.15, 0.2) is 66.9 Å². The summed E-state index contributed by atoms with van der Waals surface area (Å²) < 4.78 is 7.60. The molecule has 7 nitrogen and oxygen atoms in total. The smallest absolute Gasteiger partial charge is 0.278 e. The van der Waals surface area contributed by atoms with E-state index in [1.165, 1.54) is 0 Å². The average molecular weight is 425 g/mol. The normalized spacial score (nSPS) is 11.4. The van der Waals surface area contributed by atoms with Crippen molar-refractivity contribution in [3.05, 3.63) is 78.2 Å². The van der Waals surface area contributed by atoms with Crippen LogP contribution in [-0.2, 0) is 0 Å². The number of anilines is 1. The van der Waals surface area contributed by atoms with Gasteiger partial charge in [-0.1, -0.05) is 24.3 Å². The molecule has 0 fully saturated rings. The molecule has 32 heavy (non-hydrogen) atoms. The molecule has 2 N–H and O–H groups in total. The Morgan fingerprint density at radius 1 is 1.03 bits per heavy atom. The molecule has 0 bridgehead atoms. The van der Waals surface area contributed by atoms with Crippen LogP contribution in [0.3, 0.4) is 0 Å². The number of hydrogen-bond donors (Lipinski definition) is 2. The fourth-order valence-electron chi connectivity index (χ4n) is 3.68. The van der Waals surface area contributed by atoms with Crippen LogP contribution >= 0.6 is 0 Å². The first-order chi connectivity index (χ1) is 15.5. The largest absolute Gasteiger partial charge is 0.491 e. The molecule has 0 aliphatic carbocycles. The number of amides is 1. The van der Waals surface area contributed by atoms with Gasteiger partial charge in [-0.05, 0) is 68.3 Å². The van der Waals surface area contributed by atoms with Crippen LogP contribution in [0.4, 0.5) is 5.95 Å². The zero-order valence-electron chi connectivity index (χ0n) is 18.1. The topological polar surface area (TPSA) is 84.3 Å². The lowest BCUT2D eigenvalue weighted by atomic mass is 10.1. The summed E-state index contributed by atoms with van der Waals surface area (Å²) in [7, 11) is 0. The molecule has 0 aliphatic heterocycles. The second kappa shape index (κ2) is 7.85. The Kier molecular flexibility index (Phi) is 4.86. The van der Waals surface area contributed by atoms with Crippen molar-refractivity contribution in [1.82, 2.24) is 19.4 Å². The van der Waals surface area contributed by atoms with E-state index in [1.807, 2.05) is 85.8 Å². The van der Waals surface area contributed by atoms with Gasteiger partial charge in [-0.3, -0.25) is 10.1 Å². The maximum atomic E-state index is 12.7. The Labute approximate surface area is 185 Å². The van der Waals surface area contributed by atoms with E-state index in [-0.39, 0.29) is 12.0 Å². The van der Waals surface area contributed by atoms with Gasteiger partial charge in [0.25, 0.3) is 5.91 Å². The highest BCUT2D eigenvalue weighted by Crippen LogP contribution is 2.26. The highest BCUT2D eigenvalue weighted by Gasteiger charge is 2.14. The Morgan fingerprint density at radius 3 is 2.56 bits per heavy atom. The number of carbonyl (C=O) groups excluding carboxylic acids is 1. The number of hydrogen-bond acceptors (Lipinski definition) is 4. The highest BCUT2D eigenvalue weighted by atomic mass is 16.5. The van der Waals surface area contributed by atoms with Gasteiger partial charge in [-0.15, -0.1) is 0 Å². The lowest BCUT2D eigenvalue weighted by Gasteiger charge is -2.10. The fourth-order valence-corrected chi connectivity index (χ4v) is 3.68. The lowest BCUT2D eigenvalue weighted by Crippen LogP contribution is -2.13. The Hall–Kier alpha value is -4.13. The standard InChI is InChI=1S/C25H23N5O2/c1-15(2)32-19-10-7-17(8-11-19)18-9-12-20-21(13-18)28-25(27-20)29-24(31)22-14-30-16(3)5-4-6-23(30)26-22/h4-15H,1-3H3,(H2,27,28,29,31). The summed E-state index contributed by atoms with van der Waals surface area (Å²) in [5, 5.41) is 2.81. The summed E-state index contributed by atoms with van der Waals surface area (Å²) in [4.78, 5) is 24.8. The van der Waals surface area contributed by atoms with Crippen LogP contribution in [0.1, 0.15) is 30.0 Å². The minimum absolute atomic E-state index is 0.139. The molecule has 0 saturated heterocycles. The van der Waals surface area contributed by atoms with Gasteiger partial charge in [0, 0.05) is 11.9 Å². The SMILES string of the molecule is Cc1cccc2nc(C(=O)Nc3nc4ccc(-c5ccc(OC(C)C)cc5)cc4[nH]3)cn12. The van der Waals surface area contributed by atoms with E-state index in [9.17, 15) is 4.79 Å². The van der Waals surface area contributed by atoms with Gasteiger partial charge in [0.15, 0.2) is 0 Å². The number of fused-ring (bicyclic) bond motifs is 2. The lowest BCUT2D eigenvalue weighted by molar-refractivity contribution is 0.102. The van der Waals surface area contributed by atoms with Crippen molar-refractivity contribution in [1.29, 1.82) is 0 Å². The maximum absolute atomic E-state index is 12.7. The minimum Gasteiger partial charge on any atom is -0.491 e. The molecule has 5 rings (SSSR count). The van der Waals surface area contributed by atoms with E-state index >= 15 is 0 Å². The summed E-state index contributed by atoms with van der Waals surface area (Å²) in [5.41, 5.74) is 5.81. The van der Waals surface area contributed by atoms with Crippen molar-refractivity contribution < 1.29 is 9.53 Å². The molecule has 1 amide bonds. The number of ether oxygens (including phenoxy) is 1. The quantitative estimate of drug-likeness (QED) is 0.404. The van der Waals surface area contributed by atoms with Crippen LogP contribution in [0.5, 0.6) is 5.75 Å². The number of nitrogens with zero attached hydrogens (tertiary/aromatic N) is 3. The summed E-state index contributed by atoms with van der Waals surface area (Å²) >= 11 is 0. The van der Waals surface area contributed by atoms with Crippen molar-refractivity contribution in [2.45, 2.75) is 26.9 Å². The van der Waals surface area contributed by atoms with E-state index in [0.717, 1.165) is 39.3 Å². The molecule has 0 unspecified atom stereocenters. The number of imidazole rings is 2. The van der Waals surface area contributed by atoms with E-state index in [0.29, 0.717) is 11.6 Å². The molecule has 7 heteroatoms. The molecule has 3 heterocycles. The second-order valence-electron chi connectivity index (χ2n) is 7.98. The third-order valence-electron chi connectivity index (χ3n) is 5.20. The van der Waals surface area contributed by atoms with E-state index in [1.54, 1.807) is 6.20 Å². The highest BCUT2D eigenvalue weighted by molar-refractivity contribution is 6.03. The van der Waals surface area contributed by atoms with E-state index < -0.39 is 0 Å². The van der Waals surface area contributed by atoms with Crippen molar-refractivity contribution in [3.63, 3.8) is 0 Å². The maximum Gasteiger partial charge on any atom is 0.278 e. The molecule has 0 atom stereocenters. The van der Waals surface area contributed by atoms with Gasteiger partial charge in [0.1, 0.15) is 17.1 Å². The molecular formula is C25H23N5O2. The zero-order valence-corrected chi connectivity index (χ0v) is 18.1. The number of aromatic nitrogens is 4. The van der Waals surface area contributed by atoms with Gasteiger partial charge in [-0.25, -0.2) is 9.97 Å². The van der Waals surface area contributed by atoms with E-state index in [4.69, 9.17) is 4.74 Å². The van der Waals surface area contributed by atoms with Crippen LogP contribution in [0.25, 0.3) is 27.8 Å². The second-order valence-corrected chi connectivity index (χ2v) is 7.98. The van der Waals surface area contributed by atoms with E-state index in [2.05, 4.69) is 20.3 Å². The molecule has 160 valence electrons. The molecule has 0 aliphatic rings. The number of aromatic amines is 1. The van der Waals surface area contributed by atoms with Crippen LogP contribution in [0, 0.1) is 6.92 Å². The van der Waals surface area contributed by atoms with Crippen molar-refractivity contribution >= 4 is 28.5 Å². The average Bonchev–Trinajstić information content (AvgIpc) is 3.38. The van der Waals surface area contributed by atoms with Gasteiger partial charge in [0.2, 0.25) is 5.95 Å². The third kappa shape index (κ3) is 3.80. The number of nitrogens with one attached hydrogen (secondary N) is 2. The number of rotatable bonds is 5. The molecule has 0 spiro atoms. The first kappa shape index (κ1) is 19.8. The predicted octanol–water partition coefficient (Wildman–Crippen LogP) is 5.23. The van der Waals surface area contributed by atoms with Crippen LogP contribution in [0.2, 0.25) is 0 Å². The first-order valence-corrected chi connectivity index (χ1v) is 10.5. The molecular weight excluding hydrogens is 402 g/mol. The molecule has 2 aromatic carbocycles. The van der Waals surface area contributed by atoms with Gasteiger partial charge in [0.05, 0.1) is 17.1 Å². The number of H-pyrrole nitrogens is 1. The van der Waals surface area contributed by atoms with Gasteiger partial charge in [-0.2, -0.15) is 0 Å². The summed E-state index contributed by atoms with van der Waals surface area (Å²) in [5.74, 6) is 0.920. The van der Waals surface area contributed by atoms with Crippen LogP contribution in [-0.4, -0.2) is 31.4 Å². The molecule has 5 aromatic rings. The fraction of sp³-hybridized carbons (Fsp3) is 0.160. The molecule has 0 saturated carbocycles. The van der Waals surface area contributed by atoms with Gasteiger partial charge >= 0.3 is 0 Å². The van der Waals surface area contributed by atoms with Crippen molar-refractivity contribution in [2.75, 3.05) is 5.32 Å². The predicted molar refractivity (Wildman–Crippen MR) is 125 cm³/mol. The number of carbonyl (C=O) groups is 1. The summed E-state index contributed by atoms with van der Waals surface area (Å²) in [6.45, 7) is 5.98. The molecule has 0 radical (unpaired) electrons. The molecule has 3 aromatic heterocycles. The summed E-state index contributed by atoms with van der Waals surface area (Å²) in [6, 6.07) is 19.7. The Morgan fingerprint density at radius 2 is 1.81 bits per heavy atom. The zero-order chi connectivity index (χ0) is 22.2. The number of benzene rings is 2.